The zero-order valence-electron chi connectivity index (χ0n) is 16.4. The van der Waals surface area contributed by atoms with Crippen LogP contribution in [0, 0.1) is 0 Å². The summed E-state index contributed by atoms with van der Waals surface area (Å²) in [5.41, 5.74) is 1.63. The molecule has 0 aliphatic heterocycles. The third kappa shape index (κ3) is 3.67. The molecule has 0 atom stereocenters. The molecule has 4 rings (SSSR count). The molecule has 0 saturated carbocycles. The van der Waals surface area contributed by atoms with Gasteiger partial charge in [0.15, 0.2) is 5.69 Å². The highest BCUT2D eigenvalue weighted by Gasteiger charge is 2.24. The van der Waals surface area contributed by atoms with E-state index in [0.717, 1.165) is 5.39 Å². The molecule has 0 spiro atoms. The van der Waals surface area contributed by atoms with Gasteiger partial charge in [-0.2, -0.15) is 0 Å². The molecule has 0 radical (unpaired) electrons. The average molecular weight is 387 g/mol. The van der Waals surface area contributed by atoms with Crippen LogP contribution in [0.3, 0.4) is 0 Å². The van der Waals surface area contributed by atoms with E-state index >= 15 is 0 Å². The maximum Gasteiger partial charge on any atom is 0.292 e. The lowest BCUT2D eigenvalue weighted by molar-refractivity contribution is 0.0916. The van der Waals surface area contributed by atoms with Gasteiger partial charge in [-0.25, -0.2) is 4.98 Å². The minimum Gasteiger partial charge on any atom is -0.346 e. The summed E-state index contributed by atoms with van der Waals surface area (Å²) in [5, 5.41) is 6.69. The first-order valence-corrected chi connectivity index (χ1v) is 9.28. The zero-order chi connectivity index (χ0) is 20.6. The number of hydrogen-bond donors (Lipinski definition) is 2. The molecule has 0 aliphatic rings. The molecule has 7 nitrogen and oxygen atoms in total. The summed E-state index contributed by atoms with van der Waals surface area (Å²) < 4.78 is 1.62. The van der Waals surface area contributed by atoms with E-state index in [-0.39, 0.29) is 17.4 Å². The van der Waals surface area contributed by atoms with Crippen LogP contribution in [0.2, 0.25) is 0 Å². The Morgan fingerprint density at radius 2 is 1.76 bits per heavy atom. The second-order valence-corrected chi connectivity index (χ2v) is 7.78. The van der Waals surface area contributed by atoms with Crippen molar-refractivity contribution in [2.45, 2.75) is 26.3 Å². The molecule has 2 amide bonds. The standard InChI is InChI=1S/C22H21N5O2/c1-22(2,3)26-20(28)18-16-11-4-5-13-27(16)19(25-18)21(29)24-15-10-6-8-14-9-7-12-23-17(14)15/h4-13H,1-3H3,(H,24,29)(H,26,28). The summed E-state index contributed by atoms with van der Waals surface area (Å²) in [6.07, 6.45) is 3.39. The average Bonchev–Trinajstić information content (AvgIpc) is 3.07. The third-order valence-corrected chi connectivity index (χ3v) is 4.34. The number of pyridine rings is 2. The van der Waals surface area contributed by atoms with Crippen molar-refractivity contribution in [3.8, 4) is 0 Å². The van der Waals surface area contributed by atoms with Crippen LogP contribution in [0.1, 0.15) is 41.9 Å². The number of anilines is 1. The van der Waals surface area contributed by atoms with Gasteiger partial charge in [-0.15, -0.1) is 0 Å². The lowest BCUT2D eigenvalue weighted by Crippen LogP contribution is -2.40. The van der Waals surface area contributed by atoms with Crippen LogP contribution in [0.5, 0.6) is 0 Å². The van der Waals surface area contributed by atoms with Crippen molar-refractivity contribution in [2.75, 3.05) is 5.32 Å². The number of aromatic nitrogens is 3. The number of carbonyl (C=O) groups is 2. The molecule has 3 aromatic heterocycles. The fraction of sp³-hybridized carbons (Fsp3) is 0.182. The Hall–Kier alpha value is -3.74. The monoisotopic (exact) mass is 387 g/mol. The van der Waals surface area contributed by atoms with Gasteiger partial charge in [-0.05, 0) is 45.0 Å². The van der Waals surface area contributed by atoms with Crippen molar-refractivity contribution < 1.29 is 9.59 Å². The normalized spacial score (nSPS) is 11.6. The number of nitrogens with zero attached hydrogens (tertiary/aromatic N) is 3. The van der Waals surface area contributed by atoms with E-state index in [4.69, 9.17) is 0 Å². The maximum atomic E-state index is 13.0. The molecule has 0 saturated heterocycles. The number of amides is 2. The third-order valence-electron chi connectivity index (χ3n) is 4.34. The Kier molecular flexibility index (Phi) is 4.50. The summed E-state index contributed by atoms with van der Waals surface area (Å²) >= 11 is 0. The largest absolute Gasteiger partial charge is 0.346 e. The molecule has 0 unspecified atom stereocenters. The number of nitrogens with one attached hydrogen (secondary N) is 2. The van der Waals surface area contributed by atoms with Crippen molar-refractivity contribution >= 4 is 33.9 Å². The van der Waals surface area contributed by atoms with E-state index in [1.54, 1.807) is 41.1 Å². The van der Waals surface area contributed by atoms with E-state index in [1.807, 2.05) is 45.0 Å². The van der Waals surface area contributed by atoms with E-state index < -0.39 is 11.4 Å². The molecule has 1 aromatic carbocycles. The van der Waals surface area contributed by atoms with Gasteiger partial charge >= 0.3 is 0 Å². The Balaban J connectivity index is 1.74. The van der Waals surface area contributed by atoms with Gasteiger partial charge in [0, 0.05) is 23.3 Å². The first kappa shape index (κ1) is 18.6. The first-order valence-electron chi connectivity index (χ1n) is 9.28. The van der Waals surface area contributed by atoms with Crippen LogP contribution in [-0.2, 0) is 0 Å². The lowest BCUT2D eigenvalue weighted by atomic mass is 10.1. The molecule has 29 heavy (non-hydrogen) atoms. The maximum absolute atomic E-state index is 13.0. The predicted molar refractivity (Wildman–Crippen MR) is 112 cm³/mol. The molecule has 7 heteroatoms. The van der Waals surface area contributed by atoms with Crippen LogP contribution in [-0.4, -0.2) is 31.7 Å². The minimum atomic E-state index is -0.418. The molecular formula is C22H21N5O2. The summed E-state index contributed by atoms with van der Waals surface area (Å²) in [7, 11) is 0. The number of hydrogen-bond acceptors (Lipinski definition) is 4. The van der Waals surface area contributed by atoms with E-state index in [1.165, 1.54) is 0 Å². The van der Waals surface area contributed by atoms with Gasteiger partial charge in [0.05, 0.1) is 16.7 Å². The predicted octanol–water partition coefficient (Wildman–Crippen LogP) is 3.66. The molecule has 3 heterocycles. The molecule has 0 aliphatic carbocycles. The van der Waals surface area contributed by atoms with E-state index in [0.29, 0.717) is 16.7 Å². The molecule has 146 valence electrons. The van der Waals surface area contributed by atoms with Crippen LogP contribution >= 0.6 is 0 Å². The highest BCUT2D eigenvalue weighted by Crippen LogP contribution is 2.22. The van der Waals surface area contributed by atoms with Gasteiger partial charge in [-0.3, -0.25) is 19.0 Å². The topological polar surface area (TPSA) is 88.4 Å². The summed E-state index contributed by atoms with van der Waals surface area (Å²) in [4.78, 5) is 34.5. The fourth-order valence-corrected chi connectivity index (χ4v) is 3.15. The quantitative estimate of drug-likeness (QED) is 0.561. The minimum absolute atomic E-state index is 0.132. The highest BCUT2D eigenvalue weighted by molar-refractivity contribution is 6.09. The first-order chi connectivity index (χ1) is 13.8. The highest BCUT2D eigenvalue weighted by atomic mass is 16.2. The molecule has 2 N–H and O–H groups in total. The van der Waals surface area contributed by atoms with Crippen molar-refractivity contribution in [2.24, 2.45) is 0 Å². The second kappa shape index (κ2) is 7.01. The number of para-hydroxylation sites is 1. The lowest BCUT2D eigenvalue weighted by Gasteiger charge is -2.19. The van der Waals surface area contributed by atoms with E-state index in [2.05, 4.69) is 20.6 Å². The van der Waals surface area contributed by atoms with Gasteiger partial charge in [0.25, 0.3) is 11.8 Å². The van der Waals surface area contributed by atoms with Crippen molar-refractivity contribution in [1.29, 1.82) is 0 Å². The Morgan fingerprint density at radius 3 is 2.55 bits per heavy atom. The SMILES string of the molecule is CC(C)(C)NC(=O)c1nc(C(=O)Nc2cccc3cccnc23)n2ccccc12. The molecule has 4 aromatic rings. The van der Waals surface area contributed by atoms with Crippen molar-refractivity contribution in [3.63, 3.8) is 0 Å². The van der Waals surface area contributed by atoms with Crippen molar-refractivity contribution in [3.05, 3.63) is 72.4 Å². The fourth-order valence-electron chi connectivity index (χ4n) is 3.15. The summed E-state index contributed by atoms with van der Waals surface area (Å²) in [5.74, 6) is -0.612. The Bertz CT molecular complexity index is 1230. The number of rotatable bonds is 3. The number of fused-ring (bicyclic) bond motifs is 2. The van der Waals surface area contributed by atoms with Gasteiger partial charge < -0.3 is 10.6 Å². The summed E-state index contributed by atoms with van der Waals surface area (Å²) in [6, 6.07) is 14.7. The van der Waals surface area contributed by atoms with Gasteiger partial charge in [-0.1, -0.05) is 24.3 Å². The number of benzene rings is 1. The smallest absolute Gasteiger partial charge is 0.292 e. The number of carbonyl (C=O) groups excluding carboxylic acids is 2. The van der Waals surface area contributed by atoms with E-state index in [9.17, 15) is 9.59 Å². The molecule has 0 fully saturated rings. The molecule has 0 bridgehead atoms. The molecular weight excluding hydrogens is 366 g/mol. The summed E-state index contributed by atoms with van der Waals surface area (Å²) in [6.45, 7) is 5.68. The van der Waals surface area contributed by atoms with Gasteiger partial charge in [0.1, 0.15) is 0 Å². The van der Waals surface area contributed by atoms with Gasteiger partial charge in [0.2, 0.25) is 5.82 Å². The van der Waals surface area contributed by atoms with Crippen molar-refractivity contribution in [1.82, 2.24) is 19.7 Å². The van der Waals surface area contributed by atoms with Crippen LogP contribution < -0.4 is 10.6 Å². The second-order valence-electron chi connectivity index (χ2n) is 7.78. The zero-order valence-corrected chi connectivity index (χ0v) is 16.4. The van der Waals surface area contributed by atoms with Crippen LogP contribution in [0.15, 0.2) is 60.9 Å². The number of imidazole rings is 1. The Labute approximate surface area is 167 Å². The Morgan fingerprint density at radius 1 is 0.966 bits per heavy atom. The van der Waals surface area contributed by atoms with Crippen LogP contribution in [0.4, 0.5) is 5.69 Å². The van der Waals surface area contributed by atoms with Crippen LogP contribution in [0.25, 0.3) is 16.4 Å².